The van der Waals surface area contributed by atoms with Crippen LogP contribution in [0.3, 0.4) is 0 Å². The summed E-state index contributed by atoms with van der Waals surface area (Å²) < 4.78 is 0. The van der Waals surface area contributed by atoms with Crippen LogP contribution in [0, 0.1) is 18.3 Å². The molecule has 0 spiro atoms. The van der Waals surface area contributed by atoms with Crippen LogP contribution in [-0.2, 0) is 6.54 Å². The molecule has 2 aromatic rings. The third-order valence-electron chi connectivity index (χ3n) is 2.93. The van der Waals surface area contributed by atoms with Crippen LogP contribution >= 0.6 is 0 Å². The molecular weight excluding hydrogens is 222 g/mol. The van der Waals surface area contributed by atoms with Crippen molar-refractivity contribution in [3.63, 3.8) is 0 Å². The van der Waals surface area contributed by atoms with Crippen LogP contribution in [0.4, 0.5) is 5.69 Å². The minimum Gasteiger partial charge on any atom is -0.370 e. The summed E-state index contributed by atoms with van der Waals surface area (Å²) in [4.78, 5) is 6.21. The number of rotatable bonds is 3. The maximum atomic E-state index is 9.03. The van der Waals surface area contributed by atoms with Crippen molar-refractivity contribution >= 4 is 5.69 Å². The fourth-order valence-corrected chi connectivity index (χ4v) is 2.00. The summed E-state index contributed by atoms with van der Waals surface area (Å²) in [6, 6.07) is 14.1. The quantitative estimate of drug-likeness (QED) is 0.824. The smallest absolute Gasteiger partial charge is 0.145 e. The lowest BCUT2D eigenvalue weighted by molar-refractivity contribution is 0.904. The Morgan fingerprint density at radius 2 is 2.00 bits per heavy atom. The fourth-order valence-electron chi connectivity index (χ4n) is 2.00. The van der Waals surface area contributed by atoms with E-state index in [0.717, 1.165) is 5.56 Å². The molecule has 0 saturated heterocycles. The molecule has 0 saturated carbocycles. The van der Waals surface area contributed by atoms with Crippen LogP contribution in [0.25, 0.3) is 0 Å². The summed E-state index contributed by atoms with van der Waals surface area (Å²) in [5.74, 6) is 0. The van der Waals surface area contributed by atoms with E-state index in [1.165, 1.54) is 11.3 Å². The summed E-state index contributed by atoms with van der Waals surface area (Å²) in [5, 5.41) is 9.03. The number of para-hydroxylation sites is 1. The molecule has 3 heteroatoms. The lowest BCUT2D eigenvalue weighted by atomic mass is 10.1. The second-order valence-electron chi connectivity index (χ2n) is 4.27. The van der Waals surface area contributed by atoms with Gasteiger partial charge in [-0.25, -0.2) is 4.98 Å². The molecule has 2 rings (SSSR count). The van der Waals surface area contributed by atoms with Crippen LogP contribution in [0.5, 0.6) is 0 Å². The van der Waals surface area contributed by atoms with E-state index in [0.29, 0.717) is 12.2 Å². The zero-order chi connectivity index (χ0) is 13.0. The number of aromatic nitrogens is 1. The largest absolute Gasteiger partial charge is 0.370 e. The molecule has 0 aliphatic rings. The number of hydrogen-bond donors (Lipinski definition) is 0. The van der Waals surface area contributed by atoms with Crippen LogP contribution in [-0.4, -0.2) is 12.0 Å². The van der Waals surface area contributed by atoms with Crippen molar-refractivity contribution in [3.8, 4) is 6.07 Å². The lowest BCUT2D eigenvalue weighted by Gasteiger charge is -2.21. The highest BCUT2D eigenvalue weighted by molar-refractivity contribution is 5.53. The molecular formula is C15H15N3. The number of anilines is 1. The molecule has 1 heterocycles. The van der Waals surface area contributed by atoms with Crippen molar-refractivity contribution in [3.05, 3.63) is 59.4 Å². The highest BCUT2D eigenvalue weighted by Gasteiger charge is 2.08. The first kappa shape index (κ1) is 12.1. The van der Waals surface area contributed by atoms with Crippen molar-refractivity contribution in [2.75, 3.05) is 11.9 Å². The first-order valence-corrected chi connectivity index (χ1v) is 5.83. The Morgan fingerprint density at radius 1 is 1.22 bits per heavy atom. The molecule has 18 heavy (non-hydrogen) atoms. The second kappa shape index (κ2) is 5.33. The second-order valence-corrected chi connectivity index (χ2v) is 4.27. The molecule has 1 aromatic heterocycles. The first-order valence-electron chi connectivity index (χ1n) is 5.83. The fraction of sp³-hybridized carbons (Fsp3) is 0.200. The Hall–Kier alpha value is -2.34. The van der Waals surface area contributed by atoms with Crippen molar-refractivity contribution in [1.82, 2.24) is 4.98 Å². The van der Waals surface area contributed by atoms with Crippen LogP contribution in [0.15, 0.2) is 42.6 Å². The third kappa shape index (κ3) is 2.49. The first-order chi connectivity index (χ1) is 8.72. The molecule has 0 fully saturated rings. The van der Waals surface area contributed by atoms with E-state index in [-0.39, 0.29) is 0 Å². The van der Waals surface area contributed by atoms with Gasteiger partial charge in [-0.15, -0.1) is 0 Å². The van der Waals surface area contributed by atoms with Crippen molar-refractivity contribution in [1.29, 1.82) is 5.26 Å². The molecule has 1 aromatic carbocycles. The van der Waals surface area contributed by atoms with Gasteiger partial charge >= 0.3 is 0 Å². The molecule has 0 unspecified atom stereocenters. The van der Waals surface area contributed by atoms with Crippen LogP contribution in [0.2, 0.25) is 0 Å². The molecule has 0 atom stereocenters. The topological polar surface area (TPSA) is 39.9 Å². The van der Waals surface area contributed by atoms with Gasteiger partial charge in [0.1, 0.15) is 11.8 Å². The van der Waals surface area contributed by atoms with Gasteiger partial charge in [0.15, 0.2) is 0 Å². The molecule has 0 aliphatic carbocycles. The Balaban J connectivity index is 2.25. The summed E-state index contributed by atoms with van der Waals surface area (Å²) in [6.07, 6.45) is 1.65. The lowest BCUT2D eigenvalue weighted by Crippen LogP contribution is -2.18. The molecule has 0 aliphatic heterocycles. The number of hydrogen-bond acceptors (Lipinski definition) is 3. The molecule has 3 nitrogen and oxygen atoms in total. The van der Waals surface area contributed by atoms with E-state index >= 15 is 0 Å². The predicted octanol–water partition coefficient (Wildman–Crippen LogP) is 2.90. The highest BCUT2D eigenvalue weighted by atomic mass is 15.1. The maximum absolute atomic E-state index is 9.03. The van der Waals surface area contributed by atoms with E-state index in [4.69, 9.17) is 5.26 Å². The Kier molecular flexibility index (Phi) is 3.59. The maximum Gasteiger partial charge on any atom is 0.145 e. The number of nitriles is 1. The molecule has 0 bridgehead atoms. The summed E-state index contributed by atoms with van der Waals surface area (Å²) >= 11 is 0. The highest BCUT2D eigenvalue weighted by Crippen LogP contribution is 2.20. The van der Waals surface area contributed by atoms with Gasteiger partial charge in [-0.05, 0) is 24.6 Å². The van der Waals surface area contributed by atoms with Gasteiger partial charge < -0.3 is 4.90 Å². The van der Waals surface area contributed by atoms with Gasteiger partial charge in [-0.3, -0.25) is 0 Å². The average molecular weight is 237 g/mol. The minimum atomic E-state index is 0.498. The van der Waals surface area contributed by atoms with E-state index in [1.54, 1.807) is 6.20 Å². The molecule has 0 N–H and O–H groups in total. The molecule has 0 amide bonds. The predicted molar refractivity (Wildman–Crippen MR) is 72.2 cm³/mol. The SMILES string of the molecule is Cc1ccccc1N(C)Cc1cccnc1C#N. The normalized spacial score (nSPS) is 9.83. The van der Waals surface area contributed by atoms with Gasteiger partial charge in [-0.2, -0.15) is 5.26 Å². The zero-order valence-corrected chi connectivity index (χ0v) is 10.6. The standard InChI is InChI=1S/C15H15N3/c1-12-6-3-4-8-15(12)18(2)11-13-7-5-9-17-14(13)10-16/h3-9H,11H2,1-2H3. The molecule has 0 radical (unpaired) electrons. The number of aryl methyl sites for hydroxylation is 1. The number of nitrogens with zero attached hydrogens (tertiary/aromatic N) is 3. The van der Waals surface area contributed by atoms with Crippen molar-refractivity contribution in [2.45, 2.75) is 13.5 Å². The van der Waals surface area contributed by atoms with Crippen LogP contribution in [0.1, 0.15) is 16.8 Å². The number of benzene rings is 1. The Labute approximate surface area is 107 Å². The van der Waals surface area contributed by atoms with E-state index in [2.05, 4.69) is 35.0 Å². The van der Waals surface area contributed by atoms with Crippen LogP contribution < -0.4 is 4.90 Å². The van der Waals surface area contributed by atoms with Gasteiger partial charge in [0, 0.05) is 31.0 Å². The van der Waals surface area contributed by atoms with Crippen molar-refractivity contribution < 1.29 is 0 Å². The van der Waals surface area contributed by atoms with Gasteiger partial charge in [0.2, 0.25) is 0 Å². The average Bonchev–Trinajstić information content (AvgIpc) is 2.39. The van der Waals surface area contributed by atoms with Gasteiger partial charge in [0.25, 0.3) is 0 Å². The Bertz CT molecular complexity index is 584. The zero-order valence-electron chi connectivity index (χ0n) is 10.6. The summed E-state index contributed by atoms with van der Waals surface area (Å²) in [7, 11) is 2.02. The minimum absolute atomic E-state index is 0.498. The van der Waals surface area contributed by atoms with Crippen molar-refractivity contribution in [2.24, 2.45) is 0 Å². The monoisotopic (exact) mass is 237 g/mol. The molecule has 90 valence electrons. The van der Waals surface area contributed by atoms with E-state index in [1.807, 2.05) is 31.3 Å². The van der Waals surface area contributed by atoms with E-state index in [9.17, 15) is 0 Å². The van der Waals surface area contributed by atoms with E-state index < -0.39 is 0 Å². The third-order valence-corrected chi connectivity index (χ3v) is 2.93. The number of pyridine rings is 1. The Morgan fingerprint density at radius 3 is 2.72 bits per heavy atom. The van der Waals surface area contributed by atoms with Gasteiger partial charge in [0.05, 0.1) is 0 Å². The summed E-state index contributed by atoms with van der Waals surface area (Å²) in [5.41, 5.74) is 3.84. The van der Waals surface area contributed by atoms with Gasteiger partial charge in [-0.1, -0.05) is 24.3 Å². The summed E-state index contributed by atoms with van der Waals surface area (Å²) in [6.45, 7) is 2.77.